The van der Waals surface area contributed by atoms with E-state index in [0.717, 1.165) is 23.3 Å². The van der Waals surface area contributed by atoms with E-state index in [9.17, 15) is 0 Å². The van der Waals surface area contributed by atoms with Gasteiger partial charge in [0.15, 0.2) is 0 Å². The Morgan fingerprint density at radius 1 is 1.31 bits per heavy atom. The second kappa shape index (κ2) is 3.72. The second-order valence-corrected chi connectivity index (χ2v) is 5.82. The summed E-state index contributed by atoms with van der Waals surface area (Å²) in [4.78, 5) is 9.27. The van der Waals surface area contributed by atoms with Crippen molar-refractivity contribution in [1.29, 1.82) is 0 Å². The predicted molar refractivity (Wildman–Crippen MR) is 66.8 cm³/mol. The van der Waals surface area contributed by atoms with E-state index in [1.807, 2.05) is 7.05 Å². The van der Waals surface area contributed by atoms with Crippen molar-refractivity contribution in [3.05, 3.63) is 17.6 Å². The van der Waals surface area contributed by atoms with Crippen LogP contribution in [0.2, 0.25) is 0 Å². The first kappa shape index (κ1) is 11.4. The molecule has 1 fully saturated rings. The van der Waals surface area contributed by atoms with E-state index in [1.165, 1.54) is 6.42 Å². The summed E-state index contributed by atoms with van der Waals surface area (Å²) in [7, 11) is 1.91. The summed E-state index contributed by atoms with van der Waals surface area (Å²) in [6, 6.07) is 2.05. The fourth-order valence-corrected chi connectivity index (χ4v) is 1.83. The van der Waals surface area contributed by atoms with Crippen molar-refractivity contribution >= 4 is 5.82 Å². The van der Waals surface area contributed by atoms with Crippen LogP contribution in [-0.2, 0) is 5.41 Å². The van der Waals surface area contributed by atoms with Crippen LogP contribution in [0.1, 0.15) is 51.6 Å². The van der Waals surface area contributed by atoms with Crippen LogP contribution in [-0.4, -0.2) is 17.0 Å². The lowest BCUT2D eigenvalue weighted by Crippen LogP contribution is -2.16. The Morgan fingerprint density at radius 3 is 2.38 bits per heavy atom. The number of nitrogens with zero attached hydrogens (tertiary/aromatic N) is 2. The molecule has 1 aliphatic carbocycles. The minimum atomic E-state index is 0.0847. The summed E-state index contributed by atoms with van der Waals surface area (Å²) in [5, 5.41) is 3.13. The zero-order chi connectivity index (χ0) is 11.9. The molecule has 2 rings (SSSR count). The molecular formula is C13H21N3. The molecule has 0 spiro atoms. The molecule has 0 bridgehead atoms. The van der Waals surface area contributed by atoms with Crippen molar-refractivity contribution in [2.24, 2.45) is 5.92 Å². The smallest absolute Gasteiger partial charge is 0.134 e. The van der Waals surface area contributed by atoms with E-state index in [-0.39, 0.29) is 5.41 Å². The molecule has 0 saturated heterocycles. The normalized spacial score (nSPS) is 24.3. The number of hydrogen-bond donors (Lipinski definition) is 1. The number of rotatable bonds is 2. The molecule has 1 heterocycles. The van der Waals surface area contributed by atoms with Gasteiger partial charge in [-0.1, -0.05) is 27.7 Å². The molecule has 3 heteroatoms. The van der Waals surface area contributed by atoms with Crippen LogP contribution < -0.4 is 5.32 Å². The average molecular weight is 219 g/mol. The van der Waals surface area contributed by atoms with Gasteiger partial charge in [0.1, 0.15) is 11.6 Å². The highest BCUT2D eigenvalue weighted by molar-refractivity contribution is 5.38. The molecule has 2 unspecified atom stereocenters. The Bertz CT molecular complexity index is 393. The van der Waals surface area contributed by atoms with Crippen molar-refractivity contribution in [3.8, 4) is 0 Å². The average Bonchev–Trinajstić information content (AvgIpc) is 2.93. The lowest BCUT2D eigenvalue weighted by atomic mass is 9.92. The van der Waals surface area contributed by atoms with Gasteiger partial charge >= 0.3 is 0 Å². The van der Waals surface area contributed by atoms with Gasteiger partial charge in [0, 0.05) is 24.4 Å². The predicted octanol–water partition coefficient (Wildman–Crippen LogP) is 2.94. The SMILES string of the molecule is CNc1cc(C(C)(C)C)nc(C2CC2C)n1. The molecule has 88 valence electrons. The molecule has 2 atom stereocenters. The first-order chi connectivity index (χ1) is 7.41. The Kier molecular flexibility index (Phi) is 2.64. The van der Waals surface area contributed by atoms with Gasteiger partial charge < -0.3 is 5.32 Å². The van der Waals surface area contributed by atoms with Gasteiger partial charge in [0.05, 0.1) is 5.69 Å². The third-order valence-electron chi connectivity index (χ3n) is 3.21. The molecule has 1 aromatic heterocycles. The maximum Gasteiger partial charge on any atom is 0.134 e. The maximum atomic E-state index is 4.71. The van der Waals surface area contributed by atoms with Gasteiger partial charge in [-0.15, -0.1) is 0 Å². The summed E-state index contributed by atoms with van der Waals surface area (Å²) < 4.78 is 0. The number of hydrogen-bond acceptors (Lipinski definition) is 3. The Labute approximate surface area is 97.7 Å². The van der Waals surface area contributed by atoms with Crippen molar-refractivity contribution in [2.45, 2.75) is 45.4 Å². The zero-order valence-corrected chi connectivity index (χ0v) is 10.8. The van der Waals surface area contributed by atoms with Crippen LogP contribution in [0, 0.1) is 5.92 Å². The van der Waals surface area contributed by atoms with Crippen LogP contribution in [0.5, 0.6) is 0 Å². The summed E-state index contributed by atoms with van der Waals surface area (Å²) >= 11 is 0. The molecule has 0 amide bonds. The van der Waals surface area contributed by atoms with Gasteiger partial charge in [-0.25, -0.2) is 9.97 Å². The summed E-state index contributed by atoms with van der Waals surface area (Å²) in [6.07, 6.45) is 1.23. The lowest BCUT2D eigenvalue weighted by molar-refractivity contribution is 0.561. The van der Waals surface area contributed by atoms with Gasteiger partial charge in [0.25, 0.3) is 0 Å². The Hall–Kier alpha value is -1.12. The highest BCUT2D eigenvalue weighted by Gasteiger charge is 2.37. The minimum absolute atomic E-state index is 0.0847. The van der Waals surface area contributed by atoms with Crippen molar-refractivity contribution in [3.63, 3.8) is 0 Å². The first-order valence-corrected chi connectivity index (χ1v) is 5.99. The quantitative estimate of drug-likeness (QED) is 0.831. The molecule has 1 aliphatic rings. The highest BCUT2D eigenvalue weighted by atomic mass is 15.0. The van der Waals surface area contributed by atoms with E-state index >= 15 is 0 Å². The molecule has 1 saturated carbocycles. The Morgan fingerprint density at radius 2 is 1.94 bits per heavy atom. The highest BCUT2D eigenvalue weighted by Crippen LogP contribution is 2.45. The van der Waals surface area contributed by atoms with Crippen LogP contribution in [0.15, 0.2) is 6.07 Å². The molecule has 0 radical (unpaired) electrons. The van der Waals surface area contributed by atoms with Gasteiger partial charge in [-0.3, -0.25) is 0 Å². The maximum absolute atomic E-state index is 4.71. The van der Waals surface area contributed by atoms with E-state index < -0.39 is 0 Å². The van der Waals surface area contributed by atoms with Gasteiger partial charge in [-0.2, -0.15) is 0 Å². The number of anilines is 1. The molecule has 0 aliphatic heterocycles. The summed E-state index contributed by atoms with van der Waals surface area (Å²) in [5.41, 5.74) is 1.21. The molecule has 1 N–H and O–H groups in total. The van der Waals surface area contributed by atoms with Crippen molar-refractivity contribution < 1.29 is 0 Å². The fourth-order valence-electron chi connectivity index (χ4n) is 1.83. The summed E-state index contributed by atoms with van der Waals surface area (Å²) in [6.45, 7) is 8.83. The van der Waals surface area contributed by atoms with E-state index in [0.29, 0.717) is 5.92 Å². The van der Waals surface area contributed by atoms with Gasteiger partial charge in [-0.05, 0) is 12.3 Å². The van der Waals surface area contributed by atoms with Crippen molar-refractivity contribution in [1.82, 2.24) is 9.97 Å². The molecular weight excluding hydrogens is 198 g/mol. The monoisotopic (exact) mass is 219 g/mol. The van der Waals surface area contributed by atoms with Crippen LogP contribution in [0.25, 0.3) is 0 Å². The van der Waals surface area contributed by atoms with Gasteiger partial charge in [0.2, 0.25) is 0 Å². The third-order valence-corrected chi connectivity index (χ3v) is 3.21. The van der Waals surface area contributed by atoms with Crippen LogP contribution in [0.4, 0.5) is 5.82 Å². The van der Waals surface area contributed by atoms with Crippen LogP contribution >= 0.6 is 0 Å². The lowest BCUT2D eigenvalue weighted by Gasteiger charge is -2.19. The molecule has 3 nitrogen and oxygen atoms in total. The summed E-state index contributed by atoms with van der Waals surface area (Å²) in [5.74, 6) is 3.28. The molecule has 0 aromatic carbocycles. The number of aromatic nitrogens is 2. The second-order valence-electron chi connectivity index (χ2n) is 5.82. The standard InChI is InChI=1S/C13H21N3/c1-8-6-9(8)12-15-10(13(2,3)4)7-11(14-5)16-12/h7-9H,6H2,1-5H3,(H,14,15,16). The Balaban J connectivity index is 2.39. The number of nitrogens with one attached hydrogen (secondary N) is 1. The molecule has 1 aromatic rings. The largest absolute Gasteiger partial charge is 0.373 e. The van der Waals surface area contributed by atoms with Crippen LogP contribution in [0.3, 0.4) is 0 Å². The minimum Gasteiger partial charge on any atom is -0.373 e. The zero-order valence-electron chi connectivity index (χ0n) is 10.8. The van der Waals surface area contributed by atoms with E-state index in [4.69, 9.17) is 4.98 Å². The van der Waals surface area contributed by atoms with Crippen molar-refractivity contribution in [2.75, 3.05) is 12.4 Å². The third kappa shape index (κ3) is 2.18. The first-order valence-electron chi connectivity index (χ1n) is 5.99. The molecule has 16 heavy (non-hydrogen) atoms. The van der Waals surface area contributed by atoms with E-state index in [1.54, 1.807) is 0 Å². The van der Waals surface area contributed by atoms with E-state index in [2.05, 4.69) is 44.1 Å². The fraction of sp³-hybridized carbons (Fsp3) is 0.692. The topological polar surface area (TPSA) is 37.8 Å².